The van der Waals surface area contributed by atoms with Crippen LogP contribution in [0.4, 0.5) is 0 Å². The summed E-state index contributed by atoms with van der Waals surface area (Å²) in [6.45, 7) is 5.03. The van der Waals surface area contributed by atoms with Gasteiger partial charge < -0.3 is 0 Å². The Hall–Kier alpha value is -1.19. The molecule has 2 unspecified atom stereocenters. The van der Waals surface area contributed by atoms with Crippen molar-refractivity contribution in [1.82, 2.24) is 15.0 Å². The van der Waals surface area contributed by atoms with Crippen molar-refractivity contribution in [3.05, 3.63) is 11.9 Å². The van der Waals surface area contributed by atoms with E-state index in [1.807, 2.05) is 17.8 Å². The predicted octanol–water partition coefficient (Wildman–Crippen LogP) is 1.77. The lowest BCUT2D eigenvalue weighted by molar-refractivity contribution is -0.120. The molecule has 0 aromatic carbocycles. The highest BCUT2D eigenvalue weighted by molar-refractivity contribution is 5.83. The highest BCUT2D eigenvalue weighted by Crippen LogP contribution is 2.36. The maximum Gasteiger partial charge on any atom is 0.136 e. The molecule has 0 aliphatic heterocycles. The predicted molar refractivity (Wildman–Crippen MR) is 56.5 cm³/mol. The lowest BCUT2D eigenvalue weighted by Crippen LogP contribution is -2.14. The minimum Gasteiger partial charge on any atom is -0.299 e. The second kappa shape index (κ2) is 4.13. The van der Waals surface area contributed by atoms with Crippen molar-refractivity contribution in [1.29, 1.82) is 0 Å². The van der Waals surface area contributed by atoms with Crippen LogP contribution in [0.2, 0.25) is 0 Å². The van der Waals surface area contributed by atoms with E-state index in [2.05, 4.69) is 17.2 Å². The number of rotatable bonds is 3. The molecule has 1 fully saturated rings. The molecule has 1 aliphatic rings. The van der Waals surface area contributed by atoms with Crippen LogP contribution in [-0.4, -0.2) is 20.8 Å². The van der Waals surface area contributed by atoms with E-state index in [0.29, 0.717) is 18.1 Å². The van der Waals surface area contributed by atoms with E-state index in [-0.39, 0.29) is 5.92 Å². The first-order chi connectivity index (χ1) is 7.24. The first-order valence-electron chi connectivity index (χ1n) is 5.65. The summed E-state index contributed by atoms with van der Waals surface area (Å²) in [5.74, 6) is 0.849. The molecule has 1 heterocycles. The number of Topliss-reactive ketones (excluding diaryl/α,β-unsaturated/α-hetero) is 1. The average Bonchev–Trinajstić information content (AvgIpc) is 2.77. The summed E-state index contributed by atoms with van der Waals surface area (Å²) in [6.07, 6.45) is 4.53. The molecule has 15 heavy (non-hydrogen) atoms. The SMILES string of the molecule is CCCn1nncc1C1CCC(=O)C1C. The first kappa shape index (κ1) is 10.3. The summed E-state index contributed by atoms with van der Waals surface area (Å²) in [5.41, 5.74) is 1.13. The van der Waals surface area contributed by atoms with Crippen molar-refractivity contribution in [2.75, 3.05) is 0 Å². The van der Waals surface area contributed by atoms with Crippen molar-refractivity contribution >= 4 is 5.78 Å². The van der Waals surface area contributed by atoms with Crippen LogP contribution >= 0.6 is 0 Å². The van der Waals surface area contributed by atoms with Gasteiger partial charge in [0.2, 0.25) is 0 Å². The third kappa shape index (κ3) is 1.80. The van der Waals surface area contributed by atoms with Gasteiger partial charge in [-0.05, 0) is 12.8 Å². The van der Waals surface area contributed by atoms with E-state index in [0.717, 1.165) is 25.1 Å². The van der Waals surface area contributed by atoms with Crippen LogP contribution in [0.15, 0.2) is 6.20 Å². The molecule has 0 amide bonds. The van der Waals surface area contributed by atoms with Gasteiger partial charge in [0, 0.05) is 24.8 Å². The number of aryl methyl sites for hydroxylation is 1. The maximum atomic E-state index is 11.5. The van der Waals surface area contributed by atoms with Crippen molar-refractivity contribution in [2.24, 2.45) is 5.92 Å². The molecule has 1 saturated carbocycles. The fraction of sp³-hybridized carbons (Fsp3) is 0.727. The fourth-order valence-electron chi connectivity index (χ4n) is 2.34. The summed E-state index contributed by atoms with van der Waals surface area (Å²) in [7, 11) is 0. The third-order valence-electron chi connectivity index (χ3n) is 3.28. The summed E-state index contributed by atoms with van der Waals surface area (Å²) in [4.78, 5) is 11.5. The number of carbonyl (C=O) groups is 1. The average molecular weight is 207 g/mol. The Bertz CT molecular complexity index is 358. The van der Waals surface area contributed by atoms with Gasteiger partial charge in [-0.1, -0.05) is 19.1 Å². The molecule has 0 N–H and O–H groups in total. The number of hydrogen-bond donors (Lipinski definition) is 0. The number of aromatic nitrogens is 3. The van der Waals surface area contributed by atoms with E-state index in [4.69, 9.17) is 0 Å². The zero-order valence-corrected chi connectivity index (χ0v) is 9.31. The third-order valence-corrected chi connectivity index (χ3v) is 3.28. The molecular formula is C11H17N3O. The Balaban J connectivity index is 2.22. The monoisotopic (exact) mass is 207 g/mol. The minimum absolute atomic E-state index is 0.138. The lowest BCUT2D eigenvalue weighted by Gasteiger charge is -2.14. The first-order valence-corrected chi connectivity index (χ1v) is 5.65. The Morgan fingerprint density at radius 3 is 3.00 bits per heavy atom. The molecule has 2 atom stereocenters. The summed E-state index contributed by atoms with van der Waals surface area (Å²) < 4.78 is 1.94. The van der Waals surface area contributed by atoms with Gasteiger partial charge in [-0.3, -0.25) is 4.79 Å². The molecule has 0 spiro atoms. The van der Waals surface area contributed by atoms with Gasteiger partial charge >= 0.3 is 0 Å². The molecule has 82 valence electrons. The molecule has 1 aliphatic carbocycles. The zero-order valence-electron chi connectivity index (χ0n) is 9.31. The van der Waals surface area contributed by atoms with E-state index < -0.39 is 0 Å². The van der Waals surface area contributed by atoms with E-state index in [9.17, 15) is 4.79 Å². The normalized spacial score (nSPS) is 26.1. The Kier molecular flexibility index (Phi) is 2.84. The molecule has 4 nitrogen and oxygen atoms in total. The molecule has 2 rings (SSSR count). The molecular weight excluding hydrogens is 190 g/mol. The van der Waals surface area contributed by atoms with Crippen molar-refractivity contribution in [2.45, 2.75) is 45.6 Å². The Morgan fingerprint density at radius 1 is 1.60 bits per heavy atom. The number of hydrogen-bond acceptors (Lipinski definition) is 3. The topological polar surface area (TPSA) is 47.8 Å². The van der Waals surface area contributed by atoms with Crippen LogP contribution in [0.25, 0.3) is 0 Å². The van der Waals surface area contributed by atoms with E-state index >= 15 is 0 Å². The smallest absolute Gasteiger partial charge is 0.136 e. The van der Waals surface area contributed by atoms with Gasteiger partial charge in [-0.2, -0.15) is 0 Å². The van der Waals surface area contributed by atoms with Crippen molar-refractivity contribution in [3.63, 3.8) is 0 Å². The van der Waals surface area contributed by atoms with Crippen LogP contribution in [-0.2, 0) is 11.3 Å². The van der Waals surface area contributed by atoms with Crippen LogP contribution < -0.4 is 0 Å². The fourth-order valence-corrected chi connectivity index (χ4v) is 2.34. The maximum absolute atomic E-state index is 11.5. The molecule has 1 aromatic heterocycles. The van der Waals surface area contributed by atoms with Gasteiger partial charge in [0.25, 0.3) is 0 Å². The summed E-state index contributed by atoms with van der Waals surface area (Å²) in [6, 6.07) is 0. The zero-order chi connectivity index (χ0) is 10.8. The van der Waals surface area contributed by atoms with Crippen LogP contribution in [0.5, 0.6) is 0 Å². The lowest BCUT2D eigenvalue weighted by atomic mass is 9.94. The number of nitrogens with zero attached hydrogens (tertiary/aromatic N) is 3. The van der Waals surface area contributed by atoms with Gasteiger partial charge in [0.05, 0.1) is 11.9 Å². The highest BCUT2D eigenvalue weighted by atomic mass is 16.1. The van der Waals surface area contributed by atoms with Crippen LogP contribution in [0, 0.1) is 5.92 Å². The van der Waals surface area contributed by atoms with Gasteiger partial charge in [0.1, 0.15) is 5.78 Å². The summed E-state index contributed by atoms with van der Waals surface area (Å²) in [5, 5.41) is 8.01. The minimum atomic E-state index is 0.138. The second-order valence-corrected chi connectivity index (χ2v) is 4.28. The van der Waals surface area contributed by atoms with E-state index in [1.165, 1.54) is 0 Å². The van der Waals surface area contributed by atoms with Gasteiger partial charge in [0.15, 0.2) is 0 Å². The van der Waals surface area contributed by atoms with Crippen molar-refractivity contribution in [3.8, 4) is 0 Å². The number of carbonyl (C=O) groups excluding carboxylic acids is 1. The largest absolute Gasteiger partial charge is 0.299 e. The van der Waals surface area contributed by atoms with Crippen LogP contribution in [0.3, 0.4) is 0 Å². The standard InChI is InChI=1S/C11H17N3O/c1-3-6-14-10(7-12-13-14)9-4-5-11(15)8(9)2/h7-9H,3-6H2,1-2H3. The molecule has 4 heteroatoms. The van der Waals surface area contributed by atoms with Crippen molar-refractivity contribution < 1.29 is 4.79 Å². The quantitative estimate of drug-likeness (QED) is 0.759. The Morgan fingerprint density at radius 2 is 2.40 bits per heavy atom. The highest BCUT2D eigenvalue weighted by Gasteiger charge is 2.34. The van der Waals surface area contributed by atoms with Gasteiger partial charge in [-0.15, -0.1) is 5.10 Å². The van der Waals surface area contributed by atoms with Crippen LogP contribution in [0.1, 0.15) is 44.7 Å². The number of ketones is 1. The molecule has 0 radical (unpaired) electrons. The van der Waals surface area contributed by atoms with Gasteiger partial charge in [-0.25, -0.2) is 4.68 Å². The molecule has 0 bridgehead atoms. The molecule has 1 aromatic rings. The Labute approximate surface area is 89.7 Å². The van der Waals surface area contributed by atoms with E-state index in [1.54, 1.807) is 0 Å². The summed E-state index contributed by atoms with van der Waals surface area (Å²) >= 11 is 0. The second-order valence-electron chi connectivity index (χ2n) is 4.28. The molecule has 0 saturated heterocycles.